The molecule has 0 spiro atoms. The highest BCUT2D eigenvalue weighted by molar-refractivity contribution is 6.46. The van der Waals surface area contributed by atoms with E-state index in [0.717, 1.165) is 16.5 Å². The third kappa shape index (κ3) is 3.49. The number of Topliss-reactive ketones (excluding diaryl/α,β-unsaturated/α-hetero) is 1. The van der Waals surface area contributed by atoms with Crippen LogP contribution in [-0.2, 0) is 9.59 Å². The first-order valence-electron chi connectivity index (χ1n) is 9.63. The predicted octanol–water partition coefficient (Wildman–Crippen LogP) is 3.80. The number of aliphatic hydroxyl groups is 1. The van der Waals surface area contributed by atoms with Crippen molar-refractivity contribution in [2.24, 2.45) is 0 Å². The molecule has 1 saturated heterocycles. The molecule has 1 aromatic heterocycles. The average Bonchev–Trinajstić information content (AvgIpc) is 3.26. The van der Waals surface area contributed by atoms with Crippen molar-refractivity contribution < 1.29 is 14.7 Å². The number of hydrogen-bond acceptors (Lipinski definition) is 4. The standard InChI is InChI=1S/C23H22ClN3O3/c1-26(2)11-12-27-20(14-7-9-15(24)10-8-14)19(22(29)23(27)30)21(28)17-13-25-18-6-4-3-5-16(17)18/h3-10,13,20,25,28H,11-12H2,1-2H3/b21-19-. The molecule has 1 unspecified atom stereocenters. The van der Waals surface area contributed by atoms with Gasteiger partial charge in [0.25, 0.3) is 11.7 Å². The fourth-order valence-corrected chi connectivity index (χ4v) is 3.95. The van der Waals surface area contributed by atoms with Crippen LogP contribution in [0, 0.1) is 0 Å². The van der Waals surface area contributed by atoms with E-state index in [9.17, 15) is 14.7 Å². The summed E-state index contributed by atoms with van der Waals surface area (Å²) in [4.78, 5) is 32.5. The Bertz CT molecular complexity index is 1150. The van der Waals surface area contributed by atoms with Crippen LogP contribution in [0.15, 0.2) is 60.3 Å². The number of carbonyl (C=O) groups excluding carboxylic acids is 2. The summed E-state index contributed by atoms with van der Waals surface area (Å²) in [6.07, 6.45) is 1.66. The summed E-state index contributed by atoms with van der Waals surface area (Å²) >= 11 is 6.04. The van der Waals surface area contributed by atoms with Crippen molar-refractivity contribution in [2.45, 2.75) is 6.04 Å². The van der Waals surface area contributed by atoms with Crippen LogP contribution in [0.4, 0.5) is 0 Å². The molecule has 0 bridgehead atoms. The van der Waals surface area contributed by atoms with Gasteiger partial charge >= 0.3 is 0 Å². The zero-order chi connectivity index (χ0) is 21.4. The number of para-hydroxylation sites is 1. The van der Waals surface area contributed by atoms with Crippen LogP contribution in [0.1, 0.15) is 17.2 Å². The normalized spacial score (nSPS) is 18.7. The van der Waals surface area contributed by atoms with E-state index < -0.39 is 17.7 Å². The van der Waals surface area contributed by atoms with Crippen molar-refractivity contribution in [2.75, 3.05) is 27.2 Å². The van der Waals surface area contributed by atoms with Crippen molar-refractivity contribution in [1.29, 1.82) is 0 Å². The Morgan fingerprint density at radius 2 is 1.83 bits per heavy atom. The molecule has 3 aromatic rings. The van der Waals surface area contributed by atoms with Gasteiger partial charge in [-0.15, -0.1) is 0 Å². The Hall–Kier alpha value is -3.09. The lowest BCUT2D eigenvalue weighted by atomic mass is 9.95. The lowest BCUT2D eigenvalue weighted by Gasteiger charge is -2.26. The lowest BCUT2D eigenvalue weighted by molar-refractivity contribution is -0.140. The number of rotatable bonds is 5. The highest BCUT2D eigenvalue weighted by Gasteiger charge is 2.46. The summed E-state index contributed by atoms with van der Waals surface area (Å²) in [5.74, 6) is -1.48. The minimum absolute atomic E-state index is 0.0887. The zero-order valence-corrected chi connectivity index (χ0v) is 17.5. The Labute approximate surface area is 179 Å². The van der Waals surface area contributed by atoms with Gasteiger partial charge in [-0.1, -0.05) is 41.9 Å². The van der Waals surface area contributed by atoms with E-state index in [2.05, 4.69) is 4.98 Å². The fourth-order valence-electron chi connectivity index (χ4n) is 3.82. The van der Waals surface area contributed by atoms with Crippen LogP contribution in [0.2, 0.25) is 5.02 Å². The Kier molecular flexibility index (Phi) is 5.37. The molecule has 7 heteroatoms. The van der Waals surface area contributed by atoms with E-state index in [4.69, 9.17) is 11.6 Å². The van der Waals surface area contributed by atoms with Gasteiger partial charge in [-0.3, -0.25) is 9.59 Å². The maximum absolute atomic E-state index is 13.0. The molecule has 0 aliphatic carbocycles. The molecule has 6 nitrogen and oxygen atoms in total. The molecule has 1 amide bonds. The number of hydrogen-bond donors (Lipinski definition) is 2. The first-order valence-corrected chi connectivity index (χ1v) is 10.0. The quantitative estimate of drug-likeness (QED) is 0.371. The smallest absolute Gasteiger partial charge is 0.295 e. The Morgan fingerprint density at radius 3 is 2.53 bits per heavy atom. The monoisotopic (exact) mass is 423 g/mol. The number of ketones is 1. The van der Waals surface area contributed by atoms with Gasteiger partial charge in [0.05, 0.1) is 11.6 Å². The minimum Gasteiger partial charge on any atom is -0.507 e. The number of likely N-dealkylation sites (tertiary alicyclic amines) is 1. The third-order valence-corrected chi connectivity index (χ3v) is 5.61. The molecule has 1 fully saturated rings. The Morgan fingerprint density at radius 1 is 1.13 bits per heavy atom. The number of aromatic nitrogens is 1. The van der Waals surface area contributed by atoms with Crippen LogP contribution >= 0.6 is 11.6 Å². The van der Waals surface area contributed by atoms with Gasteiger partial charge in [0, 0.05) is 40.8 Å². The van der Waals surface area contributed by atoms with E-state index in [1.54, 1.807) is 30.5 Å². The SMILES string of the molecule is CN(C)CCN1C(=O)C(=O)/C(=C(\O)c2c[nH]c3ccccc23)C1c1ccc(Cl)cc1. The van der Waals surface area contributed by atoms with Gasteiger partial charge in [0.15, 0.2) is 0 Å². The molecule has 1 atom stereocenters. The van der Waals surface area contributed by atoms with Gasteiger partial charge in [-0.25, -0.2) is 0 Å². The zero-order valence-electron chi connectivity index (χ0n) is 16.7. The second kappa shape index (κ2) is 7.97. The number of aromatic amines is 1. The minimum atomic E-state index is -0.684. The highest BCUT2D eigenvalue weighted by Crippen LogP contribution is 2.40. The maximum Gasteiger partial charge on any atom is 0.295 e. The van der Waals surface area contributed by atoms with Crippen LogP contribution in [0.5, 0.6) is 0 Å². The number of halogens is 1. The molecule has 0 radical (unpaired) electrons. The third-order valence-electron chi connectivity index (χ3n) is 5.36. The number of aliphatic hydroxyl groups excluding tert-OH is 1. The van der Waals surface area contributed by atoms with Crippen molar-refractivity contribution in [3.05, 3.63) is 76.5 Å². The number of H-pyrrole nitrogens is 1. The summed E-state index contributed by atoms with van der Waals surface area (Å²) in [6.45, 7) is 0.944. The van der Waals surface area contributed by atoms with E-state index in [-0.39, 0.29) is 11.3 Å². The van der Waals surface area contributed by atoms with Crippen LogP contribution < -0.4 is 0 Å². The fraction of sp³-hybridized carbons (Fsp3) is 0.217. The molecule has 154 valence electrons. The molecular weight excluding hydrogens is 402 g/mol. The molecule has 1 aliphatic rings. The van der Waals surface area contributed by atoms with Gasteiger partial charge in [-0.2, -0.15) is 0 Å². The average molecular weight is 424 g/mol. The van der Waals surface area contributed by atoms with E-state index in [0.29, 0.717) is 23.7 Å². The number of amides is 1. The van der Waals surface area contributed by atoms with Crippen LogP contribution in [-0.4, -0.2) is 58.8 Å². The second-order valence-corrected chi connectivity index (χ2v) is 8.03. The first-order chi connectivity index (χ1) is 14.4. The summed E-state index contributed by atoms with van der Waals surface area (Å²) < 4.78 is 0. The molecule has 2 N–H and O–H groups in total. The highest BCUT2D eigenvalue weighted by atomic mass is 35.5. The molecule has 1 aliphatic heterocycles. The van der Waals surface area contributed by atoms with E-state index in [1.807, 2.05) is 43.3 Å². The number of carbonyl (C=O) groups is 2. The van der Waals surface area contributed by atoms with Crippen LogP contribution in [0.3, 0.4) is 0 Å². The lowest BCUT2D eigenvalue weighted by Crippen LogP contribution is -2.35. The molecule has 30 heavy (non-hydrogen) atoms. The van der Waals surface area contributed by atoms with Crippen LogP contribution in [0.25, 0.3) is 16.7 Å². The van der Waals surface area contributed by atoms with Crippen molar-refractivity contribution >= 4 is 40.0 Å². The van der Waals surface area contributed by atoms with Gasteiger partial charge in [-0.05, 0) is 37.9 Å². The van der Waals surface area contributed by atoms with E-state index >= 15 is 0 Å². The Balaban J connectivity index is 1.88. The maximum atomic E-state index is 13.0. The summed E-state index contributed by atoms with van der Waals surface area (Å²) in [6, 6.07) is 13.8. The summed E-state index contributed by atoms with van der Waals surface area (Å²) in [5, 5.41) is 12.5. The largest absolute Gasteiger partial charge is 0.507 e. The molecule has 0 saturated carbocycles. The second-order valence-electron chi connectivity index (χ2n) is 7.60. The number of benzene rings is 2. The summed E-state index contributed by atoms with van der Waals surface area (Å²) in [7, 11) is 3.81. The molecule has 2 aromatic carbocycles. The number of likely N-dealkylation sites (N-methyl/N-ethyl adjacent to an activating group) is 1. The predicted molar refractivity (Wildman–Crippen MR) is 117 cm³/mol. The van der Waals surface area contributed by atoms with Crippen molar-refractivity contribution in [1.82, 2.24) is 14.8 Å². The first kappa shape index (κ1) is 20.2. The molecule has 4 rings (SSSR count). The van der Waals surface area contributed by atoms with Gasteiger partial charge < -0.3 is 19.9 Å². The van der Waals surface area contributed by atoms with Crippen molar-refractivity contribution in [3.8, 4) is 0 Å². The van der Waals surface area contributed by atoms with E-state index in [1.165, 1.54) is 4.90 Å². The number of nitrogens with zero attached hydrogens (tertiary/aromatic N) is 2. The van der Waals surface area contributed by atoms with Crippen molar-refractivity contribution in [3.63, 3.8) is 0 Å². The number of nitrogens with one attached hydrogen (secondary N) is 1. The van der Waals surface area contributed by atoms with Gasteiger partial charge in [0.2, 0.25) is 0 Å². The molecule has 2 heterocycles. The van der Waals surface area contributed by atoms with Gasteiger partial charge in [0.1, 0.15) is 5.76 Å². The molecular formula is C23H22ClN3O3. The number of fused-ring (bicyclic) bond motifs is 1. The topological polar surface area (TPSA) is 76.6 Å². The summed E-state index contributed by atoms with van der Waals surface area (Å²) in [5.41, 5.74) is 2.14.